The van der Waals surface area contributed by atoms with Crippen LogP contribution in [0, 0.1) is 5.82 Å². The first-order chi connectivity index (χ1) is 7.65. The zero-order valence-corrected chi connectivity index (χ0v) is 11.0. The third kappa shape index (κ3) is 2.08. The molecule has 0 saturated carbocycles. The summed E-state index contributed by atoms with van der Waals surface area (Å²) in [4.78, 5) is 0. The molecule has 1 heterocycles. The van der Waals surface area contributed by atoms with Crippen molar-refractivity contribution >= 4 is 23.4 Å². The molecule has 16 heavy (non-hydrogen) atoms. The van der Waals surface area contributed by atoms with Gasteiger partial charge < -0.3 is 5.32 Å². The quantitative estimate of drug-likeness (QED) is 0.868. The summed E-state index contributed by atoms with van der Waals surface area (Å²) in [5.74, 6) is 0.487. The van der Waals surface area contributed by atoms with E-state index in [-0.39, 0.29) is 11.9 Å². The molecule has 4 heteroatoms. The van der Waals surface area contributed by atoms with Crippen molar-refractivity contribution in [1.29, 1.82) is 0 Å². The van der Waals surface area contributed by atoms with Crippen LogP contribution >= 0.6 is 23.4 Å². The van der Waals surface area contributed by atoms with Crippen molar-refractivity contribution in [3.05, 3.63) is 34.1 Å². The Bertz CT molecular complexity index is 397. The van der Waals surface area contributed by atoms with Crippen molar-refractivity contribution in [3.63, 3.8) is 0 Å². The molecule has 0 fully saturated rings. The number of thioether (sulfide) groups is 1. The van der Waals surface area contributed by atoms with E-state index in [1.165, 1.54) is 6.07 Å². The highest BCUT2D eigenvalue weighted by Gasteiger charge is 2.28. The van der Waals surface area contributed by atoms with Crippen molar-refractivity contribution in [2.75, 3.05) is 6.54 Å². The number of halogens is 2. The molecule has 1 N–H and O–H groups in total. The van der Waals surface area contributed by atoms with Crippen LogP contribution in [0.5, 0.6) is 0 Å². The Labute approximate surface area is 105 Å². The Morgan fingerprint density at radius 3 is 3.00 bits per heavy atom. The average molecular weight is 260 g/mol. The number of benzene rings is 1. The Kier molecular flexibility index (Phi) is 3.77. The normalized spacial score (nSPS) is 24.2. The van der Waals surface area contributed by atoms with Crippen LogP contribution in [0.25, 0.3) is 0 Å². The summed E-state index contributed by atoms with van der Waals surface area (Å²) >= 11 is 7.83. The summed E-state index contributed by atoms with van der Waals surface area (Å²) in [5.41, 5.74) is 2.11. The van der Waals surface area contributed by atoms with Gasteiger partial charge in [-0.1, -0.05) is 31.5 Å². The second-order valence-corrected chi connectivity index (χ2v) is 5.72. The molecule has 1 aromatic carbocycles. The van der Waals surface area contributed by atoms with Crippen molar-refractivity contribution in [1.82, 2.24) is 5.32 Å². The Morgan fingerprint density at radius 1 is 1.56 bits per heavy atom. The molecule has 0 amide bonds. The molecule has 1 aliphatic rings. The fourth-order valence-corrected chi connectivity index (χ4v) is 3.60. The highest BCUT2D eigenvalue weighted by molar-refractivity contribution is 7.99. The van der Waals surface area contributed by atoms with Crippen LogP contribution < -0.4 is 5.32 Å². The molecule has 0 radical (unpaired) electrons. The van der Waals surface area contributed by atoms with Crippen molar-refractivity contribution in [3.8, 4) is 0 Å². The molecule has 88 valence electrons. The van der Waals surface area contributed by atoms with Crippen LogP contribution in [0.3, 0.4) is 0 Å². The third-order valence-corrected chi connectivity index (χ3v) is 4.61. The molecule has 2 rings (SSSR count). The van der Waals surface area contributed by atoms with Crippen molar-refractivity contribution in [2.45, 2.75) is 30.9 Å². The van der Waals surface area contributed by atoms with Crippen LogP contribution in [-0.4, -0.2) is 11.8 Å². The first-order valence-electron chi connectivity index (χ1n) is 5.47. The van der Waals surface area contributed by atoms with E-state index in [9.17, 15) is 4.39 Å². The molecular weight excluding hydrogens is 245 g/mol. The van der Waals surface area contributed by atoms with E-state index in [0.717, 1.165) is 23.4 Å². The van der Waals surface area contributed by atoms with Gasteiger partial charge in [0.15, 0.2) is 0 Å². The summed E-state index contributed by atoms with van der Waals surface area (Å²) in [6, 6.07) is 3.60. The molecular formula is C12H15ClFNS. The van der Waals surface area contributed by atoms with Gasteiger partial charge in [0, 0.05) is 17.0 Å². The SMILES string of the molecule is CCNC1c2ccc(F)c(Cl)c2CSC1C. The van der Waals surface area contributed by atoms with Crippen molar-refractivity contribution in [2.24, 2.45) is 0 Å². The van der Waals surface area contributed by atoms with Crippen molar-refractivity contribution < 1.29 is 4.39 Å². The molecule has 1 nitrogen and oxygen atoms in total. The standard InChI is InChI=1S/C12H15ClFNS/c1-3-15-12-7(2)16-6-9-8(12)4-5-10(14)11(9)13/h4-5,7,12,15H,3,6H2,1-2H3. The van der Waals surface area contributed by atoms with E-state index in [1.54, 1.807) is 0 Å². The number of rotatable bonds is 2. The van der Waals surface area contributed by atoms with Crippen LogP contribution in [0.1, 0.15) is 31.0 Å². The Balaban J connectivity index is 2.44. The van der Waals surface area contributed by atoms with E-state index in [2.05, 4.69) is 19.2 Å². The number of nitrogens with one attached hydrogen (secondary N) is 1. The van der Waals surface area contributed by atoms with Gasteiger partial charge in [0.25, 0.3) is 0 Å². The molecule has 0 aromatic heterocycles. The lowest BCUT2D eigenvalue weighted by molar-refractivity contribution is 0.537. The number of hydrogen-bond acceptors (Lipinski definition) is 2. The van der Waals surface area contributed by atoms with E-state index < -0.39 is 0 Å². The Hall–Kier alpha value is -0.250. The summed E-state index contributed by atoms with van der Waals surface area (Å²) in [5, 5.41) is 4.22. The highest BCUT2D eigenvalue weighted by atomic mass is 35.5. The zero-order chi connectivity index (χ0) is 11.7. The minimum atomic E-state index is -0.314. The average Bonchev–Trinajstić information content (AvgIpc) is 2.27. The van der Waals surface area contributed by atoms with Gasteiger partial charge in [-0.05, 0) is 23.7 Å². The second kappa shape index (κ2) is 4.94. The van der Waals surface area contributed by atoms with Gasteiger partial charge in [0.05, 0.1) is 5.02 Å². The summed E-state index contributed by atoms with van der Waals surface area (Å²) in [7, 11) is 0. The lowest BCUT2D eigenvalue weighted by atomic mass is 9.98. The number of hydrogen-bond donors (Lipinski definition) is 1. The minimum Gasteiger partial charge on any atom is -0.309 e. The first-order valence-corrected chi connectivity index (χ1v) is 6.89. The van der Waals surface area contributed by atoms with Crippen LogP contribution in [0.15, 0.2) is 12.1 Å². The van der Waals surface area contributed by atoms with Gasteiger partial charge >= 0.3 is 0 Å². The maximum atomic E-state index is 13.4. The van der Waals surface area contributed by atoms with E-state index in [1.807, 2.05) is 17.8 Å². The lowest BCUT2D eigenvalue weighted by Gasteiger charge is -2.32. The van der Waals surface area contributed by atoms with E-state index in [0.29, 0.717) is 10.3 Å². The monoisotopic (exact) mass is 259 g/mol. The largest absolute Gasteiger partial charge is 0.309 e. The first kappa shape index (κ1) is 12.2. The molecule has 0 bridgehead atoms. The predicted octanol–water partition coefficient (Wildman–Crippen LogP) is 3.77. The van der Waals surface area contributed by atoms with Crippen LogP contribution in [0.2, 0.25) is 5.02 Å². The smallest absolute Gasteiger partial charge is 0.142 e. The van der Waals surface area contributed by atoms with E-state index in [4.69, 9.17) is 11.6 Å². The lowest BCUT2D eigenvalue weighted by Crippen LogP contribution is -2.32. The van der Waals surface area contributed by atoms with Crippen LogP contribution in [-0.2, 0) is 5.75 Å². The molecule has 2 atom stereocenters. The summed E-state index contributed by atoms with van der Waals surface area (Å²) in [6.45, 7) is 5.18. The fraction of sp³-hybridized carbons (Fsp3) is 0.500. The zero-order valence-electron chi connectivity index (χ0n) is 9.39. The highest BCUT2D eigenvalue weighted by Crippen LogP contribution is 2.40. The van der Waals surface area contributed by atoms with Gasteiger partial charge in [-0.15, -0.1) is 0 Å². The van der Waals surface area contributed by atoms with Gasteiger partial charge in [-0.3, -0.25) is 0 Å². The Morgan fingerprint density at radius 2 is 2.31 bits per heavy atom. The second-order valence-electron chi connectivity index (χ2n) is 3.98. The maximum Gasteiger partial charge on any atom is 0.142 e. The molecule has 2 unspecified atom stereocenters. The fourth-order valence-electron chi connectivity index (χ4n) is 2.11. The molecule has 1 aromatic rings. The molecule has 0 spiro atoms. The van der Waals surface area contributed by atoms with Gasteiger partial charge in [-0.2, -0.15) is 11.8 Å². The van der Waals surface area contributed by atoms with Crippen LogP contribution in [0.4, 0.5) is 4.39 Å². The minimum absolute atomic E-state index is 0.275. The van der Waals surface area contributed by atoms with E-state index >= 15 is 0 Å². The molecule has 1 aliphatic heterocycles. The topological polar surface area (TPSA) is 12.0 Å². The van der Waals surface area contributed by atoms with Gasteiger partial charge in [0.1, 0.15) is 5.82 Å². The maximum absolute atomic E-state index is 13.4. The third-order valence-electron chi connectivity index (χ3n) is 2.95. The van der Waals surface area contributed by atoms with Gasteiger partial charge in [-0.25, -0.2) is 4.39 Å². The number of fused-ring (bicyclic) bond motifs is 1. The summed E-state index contributed by atoms with van der Waals surface area (Å²) < 4.78 is 13.4. The summed E-state index contributed by atoms with van der Waals surface area (Å²) in [6.07, 6.45) is 0. The predicted molar refractivity (Wildman–Crippen MR) is 68.6 cm³/mol. The molecule has 0 aliphatic carbocycles. The van der Waals surface area contributed by atoms with Gasteiger partial charge in [0.2, 0.25) is 0 Å². The molecule has 0 saturated heterocycles.